The number of hydrogen-bond donors (Lipinski definition) is 0. The Bertz CT molecular complexity index is 440. The highest BCUT2D eigenvalue weighted by Gasteiger charge is 2.22. The van der Waals surface area contributed by atoms with Gasteiger partial charge in [-0.3, -0.25) is 0 Å². The molecule has 0 radical (unpaired) electrons. The number of esters is 1. The molecule has 16 heavy (non-hydrogen) atoms. The van der Waals surface area contributed by atoms with E-state index in [9.17, 15) is 13.6 Å². The van der Waals surface area contributed by atoms with Crippen molar-refractivity contribution in [2.75, 3.05) is 6.61 Å². The molecule has 0 N–H and O–H groups in total. The standard InChI is InChI=1S/C11H9F2NO2/c1-2-16-11(15)10(13)8-3-7(6-14)4-9(12)5-8/h3-5,10H,2H2,1H3. The molecule has 0 aliphatic rings. The van der Waals surface area contributed by atoms with Gasteiger partial charge in [0.2, 0.25) is 6.17 Å². The number of nitriles is 1. The average molecular weight is 225 g/mol. The van der Waals surface area contributed by atoms with Gasteiger partial charge >= 0.3 is 5.97 Å². The Morgan fingerprint density at radius 2 is 2.25 bits per heavy atom. The largest absolute Gasteiger partial charge is 0.464 e. The number of carbonyl (C=O) groups is 1. The first-order chi connectivity index (χ1) is 7.58. The van der Waals surface area contributed by atoms with Crippen LogP contribution in [0.15, 0.2) is 18.2 Å². The smallest absolute Gasteiger partial charge is 0.345 e. The van der Waals surface area contributed by atoms with Gasteiger partial charge in [0.1, 0.15) is 5.82 Å². The van der Waals surface area contributed by atoms with Gasteiger partial charge in [-0.1, -0.05) is 0 Å². The molecule has 1 unspecified atom stereocenters. The number of alkyl halides is 1. The van der Waals surface area contributed by atoms with Gasteiger partial charge in [-0.2, -0.15) is 5.26 Å². The zero-order valence-electron chi connectivity index (χ0n) is 8.54. The van der Waals surface area contributed by atoms with Crippen molar-refractivity contribution in [2.45, 2.75) is 13.1 Å². The Hall–Kier alpha value is -1.96. The summed E-state index contributed by atoms with van der Waals surface area (Å²) in [5.74, 6) is -1.85. The second kappa shape index (κ2) is 5.21. The highest BCUT2D eigenvalue weighted by Crippen LogP contribution is 2.21. The molecule has 1 rings (SSSR count). The predicted octanol–water partition coefficient (Wildman–Crippen LogP) is 2.27. The van der Waals surface area contributed by atoms with E-state index in [2.05, 4.69) is 4.74 Å². The van der Waals surface area contributed by atoms with Crippen LogP contribution in [0.1, 0.15) is 24.2 Å². The number of rotatable bonds is 3. The van der Waals surface area contributed by atoms with Crippen molar-refractivity contribution in [2.24, 2.45) is 0 Å². The van der Waals surface area contributed by atoms with E-state index in [1.807, 2.05) is 0 Å². The fraction of sp³-hybridized carbons (Fsp3) is 0.273. The minimum atomic E-state index is -2.07. The highest BCUT2D eigenvalue weighted by molar-refractivity contribution is 5.76. The fourth-order valence-electron chi connectivity index (χ4n) is 1.17. The van der Waals surface area contributed by atoms with Crippen LogP contribution in [-0.4, -0.2) is 12.6 Å². The third-order valence-corrected chi connectivity index (χ3v) is 1.84. The molecule has 5 heteroatoms. The molecule has 0 heterocycles. The third kappa shape index (κ3) is 2.76. The van der Waals surface area contributed by atoms with Gasteiger partial charge in [0.05, 0.1) is 18.2 Å². The summed E-state index contributed by atoms with van der Waals surface area (Å²) in [4.78, 5) is 11.1. The number of hydrogen-bond acceptors (Lipinski definition) is 3. The number of nitrogens with zero attached hydrogens (tertiary/aromatic N) is 1. The van der Waals surface area contributed by atoms with E-state index in [0.717, 1.165) is 18.2 Å². The molecule has 1 atom stereocenters. The lowest BCUT2D eigenvalue weighted by atomic mass is 10.1. The zero-order valence-corrected chi connectivity index (χ0v) is 8.54. The van der Waals surface area contributed by atoms with E-state index < -0.39 is 18.0 Å². The predicted molar refractivity (Wildman–Crippen MR) is 51.6 cm³/mol. The Morgan fingerprint density at radius 1 is 1.56 bits per heavy atom. The van der Waals surface area contributed by atoms with E-state index in [1.54, 1.807) is 6.07 Å². The van der Waals surface area contributed by atoms with Crippen LogP contribution in [0.4, 0.5) is 8.78 Å². The van der Waals surface area contributed by atoms with E-state index >= 15 is 0 Å². The summed E-state index contributed by atoms with van der Waals surface area (Å²) in [5.41, 5.74) is -0.253. The molecule has 0 fully saturated rings. The lowest BCUT2D eigenvalue weighted by Gasteiger charge is -2.08. The first-order valence-electron chi connectivity index (χ1n) is 4.59. The molecular weight excluding hydrogens is 216 g/mol. The van der Waals surface area contributed by atoms with Gasteiger partial charge in [0.25, 0.3) is 0 Å². The lowest BCUT2D eigenvalue weighted by Crippen LogP contribution is -2.12. The van der Waals surface area contributed by atoms with Gasteiger partial charge in [-0.15, -0.1) is 0 Å². The Balaban J connectivity index is 3.00. The second-order valence-corrected chi connectivity index (χ2v) is 3.00. The molecule has 84 valence electrons. The molecule has 0 saturated carbocycles. The van der Waals surface area contributed by atoms with Gasteiger partial charge in [-0.05, 0) is 25.1 Å². The van der Waals surface area contributed by atoms with E-state index in [0.29, 0.717) is 0 Å². The Morgan fingerprint density at radius 3 is 2.81 bits per heavy atom. The Kier molecular flexibility index (Phi) is 3.95. The second-order valence-electron chi connectivity index (χ2n) is 3.00. The monoisotopic (exact) mass is 225 g/mol. The molecule has 0 aliphatic carbocycles. The zero-order chi connectivity index (χ0) is 12.1. The first kappa shape index (κ1) is 12.1. The molecule has 0 aliphatic heterocycles. The SMILES string of the molecule is CCOC(=O)C(F)c1cc(F)cc(C#N)c1. The molecule has 0 spiro atoms. The summed E-state index contributed by atoms with van der Waals surface area (Å²) in [6.45, 7) is 1.58. The number of ether oxygens (including phenoxy) is 1. The Labute approximate surface area is 91.3 Å². The molecule has 3 nitrogen and oxygen atoms in total. The normalized spacial score (nSPS) is 11.6. The number of benzene rings is 1. The number of carbonyl (C=O) groups excluding carboxylic acids is 1. The van der Waals surface area contributed by atoms with Gasteiger partial charge in [0.15, 0.2) is 0 Å². The fourth-order valence-corrected chi connectivity index (χ4v) is 1.17. The van der Waals surface area contributed by atoms with Crippen molar-refractivity contribution in [3.63, 3.8) is 0 Å². The van der Waals surface area contributed by atoms with E-state index in [1.165, 1.54) is 6.92 Å². The minimum absolute atomic E-state index is 0.0399. The van der Waals surface area contributed by atoms with E-state index in [4.69, 9.17) is 5.26 Å². The average Bonchev–Trinajstić information content (AvgIpc) is 2.27. The summed E-state index contributed by atoms with van der Waals surface area (Å²) >= 11 is 0. The van der Waals surface area contributed by atoms with Crippen LogP contribution in [0.5, 0.6) is 0 Å². The minimum Gasteiger partial charge on any atom is -0.464 e. The lowest BCUT2D eigenvalue weighted by molar-refractivity contribution is -0.149. The quantitative estimate of drug-likeness (QED) is 0.741. The van der Waals surface area contributed by atoms with Crippen LogP contribution in [0.3, 0.4) is 0 Å². The van der Waals surface area contributed by atoms with Crippen molar-refractivity contribution in [3.05, 3.63) is 35.1 Å². The molecular formula is C11H9F2NO2. The van der Waals surface area contributed by atoms with Crippen molar-refractivity contribution in [1.29, 1.82) is 5.26 Å². The topological polar surface area (TPSA) is 50.1 Å². The number of halogens is 2. The van der Waals surface area contributed by atoms with Gasteiger partial charge < -0.3 is 4.74 Å². The highest BCUT2D eigenvalue weighted by atomic mass is 19.1. The van der Waals surface area contributed by atoms with Crippen LogP contribution < -0.4 is 0 Å². The molecule has 0 aromatic heterocycles. The van der Waals surface area contributed by atoms with Crippen LogP contribution in [0, 0.1) is 17.1 Å². The van der Waals surface area contributed by atoms with Crippen LogP contribution >= 0.6 is 0 Å². The maximum atomic E-state index is 13.5. The van der Waals surface area contributed by atoms with Crippen molar-refractivity contribution >= 4 is 5.97 Å². The molecule has 0 amide bonds. The summed E-state index contributed by atoms with van der Waals surface area (Å²) in [7, 11) is 0. The van der Waals surface area contributed by atoms with Gasteiger partial charge in [0, 0.05) is 5.56 Å². The van der Waals surface area contributed by atoms with Crippen LogP contribution in [0.25, 0.3) is 0 Å². The first-order valence-corrected chi connectivity index (χ1v) is 4.59. The summed E-state index contributed by atoms with van der Waals surface area (Å²) in [6, 6.07) is 4.61. The van der Waals surface area contributed by atoms with Crippen molar-refractivity contribution in [3.8, 4) is 6.07 Å². The third-order valence-electron chi connectivity index (χ3n) is 1.84. The molecule has 0 saturated heterocycles. The van der Waals surface area contributed by atoms with Crippen molar-refractivity contribution < 1.29 is 18.3 Å². The summed E-state index contributed by atoms with van der Waals surface area (Å²) in [5, 5.41) is 8.55. The van der Waals surface area contributed by atoms with Crippen LogP contribution in [-0.2, 0) is 9.53 Å². The summed E-state index contributed by atoms with van der Waals surface area (Å²) < 4.78 is 30.9. The van der Waals surface area contributed by atoms with E-state index in [-0.39, 0.29) is 17.7 Å². The maximum absolute atomic E-state index is 13.5. The molecule has 0 bridgehead atoms. The molecule has 1 aromatic carbocycles. The van der Waals surface area contributed by atoms with Crippen LogP contribution in [0.2, 0.25) is 0 Å². The maximum Gasteiger partial charge on any atom is 0.345 e. The van der Waals surface area contributed by atoms with Crippen molar-refractivity contribution in [1.82, 2.24) is 0 Å². The van der Waals surface area contributed by atoms with Gasteiger partial charge in [-0.25, -0.2) is 13.6 Å². The molecule has 1 aromatic rings. The summed E-state index contributed by atoms with van der Waals surface area (Å²) in [6.07, 6.45) is -2.07.